The number of carbonyl (C=O) groups excluding carboxylic acids is 1. The number of pyridine rings is 1. The van der Waals surface area contributed by atoms with Gasteiger partial charge in [0.05, 0.1) is 0 Å². The van der Waals surface area contributed by atoms with E-state index in [1.165, 1.54) is 33.9 Å². The standard InChI is InChI=1S/C28H19FNO.C11H20O2.Ir/c1-16(2)23-15-19(14-18-11-10-17-6-3-4-7-20(17)25(18)23)26-28-22(12-13-30-26)21-8-5-9-24(29)27(21)31-28;1-10(2,3)8(12)7-9(13)11(4,5)6;/h3-13,15-16H,1-2H3;7,12H,1-6H3;/q-1;;/b;8-7-;. The average Bonchev–Trinajstić information content (AvgIpc) is 3.36. The summed E-state index contributed by atoms with van der Waals surface area (Å²) in [6.07, 6.45) is 3.09. The molecule has 0 fully saturated rings. The van der Waals surface area contributed by atoms with E-state index < -0.39 is 5.41 Å². The molecule has 1 radical (unpaired) electrons. The number of fused-ring (bicyclic) bond motifs is 6. The van der Waals surface area contributed by atoms with Crippen LogP contribution in [0.4, 0.5) is 4.39 Å². The van der Waals surface area contributed by atoms with Crippen molar-refractivity contribution in [3.05, 3.63) is 102 Å². The molecule has 0 aliphatic rings. The normalized spacial score (nSPS) is 12.4. The van der Waals surface area contributed by atoms with Crippen LogP contribution in [0.5, 0.6) is 0 Å². The third-order valence-electron chi connectivity index (χ3n) is 7.81. The maximum absolute atomic E-state index is 14.4. The molecule has 0 saturated carbocycles. The van der Waals surface area contributed by atoms with Crippen LogP contribution in [0.1, 0.15) is 66.9 Å². The Labute approximate surface area is 277 Å². The number of benzene rings is 4. The first-order valence-corrected chi connectivity index (χ1v) is 15.0. The van der Waals surface area contributed by atoms with Crippen molar-refractivity contribution in [2.45, 2.75) is 61.3 Å². The van der Waals surface area contributed by atoms with Crippen LogP contribution in [-0.4, -0.2) is 15.9 Å². The van der Waals surface area contributed by atoms with Gasteiger partial charge in [0.25, 0.3) is 0 Å². The van der Waals surface area contributed by atoms with E-state index in [1.54, 1.807) is 12.3 Å². The number of hydrogen-bond donors (Lipinski definition) is 1. The largest absolute Gasteiger partial charge is 0.512 e. The summed E-state index contributed by atoms with van der Waals surface area (Å²) < 4.78 is 20.4. The topological polar surface area (TPSA) is 63.3 Å². The Kier molecular flexibility index (Phi) is 9.72. The van der Waals surface area contributed by atoms with Crippen LogP contribution in [0.15, 0.2) is 89.2 Å². The van der Waals surface area contributed by atoms with Gasteiger partial charge in [-0.3, -0.25) is 9.78 Å². The number of furan rings is 1. The number of aromatic nitrogens is 1. The number of nitrogens with zero attached hydrogens (tertiary/aromatic N) is 1. The molecule has 0 aliphatic heterocycles. The molecule has 2 aromatic heterocycles. The fraction of sp³-hybridized carbons (Fsp3) is 0.282. The predicted octanol–water partition coefficient (Wildman–Crippen LogP) is 11.1. The number of halogens is 1. The zero-order chi connectivity index (χ0) is 32.0. The quantitative estimate of drug-likeness (QED) is 0.0841. The van der Waals surface area contributed by atoms with Gasteiger partial charge >= 0.3 is 0 Å². The van der Waals surface area contributed by atoms with Crippen molar-refractivity contribution in [2.24, 2.45) is 10.8 Å². The first-order chi connectivity index (χ1) is 20.7. The Morgan fingerprint density at radius 3 is 2.22 bits per heavy atom. The van der Waals surface area contributed by atoms with Crippen molar-refractivity contribution in [3.63, 3.8) is 0 Å². The number of carbonyl (C=O) groups is 1. The number of ketones is 1. The third-order valence-corrected chi connectivity index (χ3v) is 7.81. The van der Waals surface area contributed by atoms with Crippen LogP contribution in [-0.2, 0) is 24.9 Å². The molecule has 2 heterocycles. The molecule has 0 unspecified atom stereocenters. The molecule has 0 saturated heterocycles. The summed E-state index contributed by atoms with van der Waals surface area (Å²) >= 11 is 0. The third kappa shape index (κ3) is 6.88. The van der Waals surface area contributed by atoms with Gasteiger partial charge in [0.15, 0.2) is 17.2 Å². The van der Waals surface area contributed by atoms with Gasteiger partial charge in [-0.25, -0.2) is 4.39 Å². The van der Waals surface area contributed by atoms with Crippen LogP contribution in [0.25, 0.3) is 54.7 Å². The van der Waals surface area contributed by atoms with Crippen molar-refractivity contribution in [1.29, 1.82) is 0 Å². The minimum Gasteiger partial charge on any atom is -0.512 e. The molecule has 45 heavy (non-hydrogen) atoms. The van der Waals surface area contributed by atoms with Crippen LogP contribution in [0.2, 0.25) is 0 Å². The Morgan fingerprint density at radius 2 is 1.56 bits per heavy atom. The summed E-state index contributed by atoms with van der Waals surface area (Å²) in [7, 11) is 0. The van der Waals surface area contributed by atoms with Gasteiger partial charge in [-0.05, 0) is 28.8 Å². The zero-order valence-corrected chi connectivity index (χ0v) is 29.4. The smallest absolute Gasteiger partial charge is 0.170 e. The molecule has 0 aliphatic carbocycles. The number of allylic oxidation sites excluding steroid dienone is 2. The summed E-state index contributed by atoms with van der Waals surface area (Å²) in [5.41, 5.74) is 2.87. The maximum atomic E-state index is 14.4. The Balaban J connectivity index is 0.000000283. The Bertz CT molecular complexity index is 2060. The van der Waals surface area contributed by atoms with E-state index in [0.717, 1.165) is 21.7 Å². The van der Waals surface area contributed by atoms with Crippen molar-refractivity contribution < 1.29 is 38.8 Å². The first-order valence-electron chi connectivity index (χ1n) is 15.0. The molecule has 6 heteroatoms. The van der Waals surface area contributed by atoms with Crippen molar-refractivity contribution >= 4 is 49.3 Å². The number of aliphatic hydroxyl groups excluding tert-OH is 1. The van der Waals surface area contributed by atoms with Crippen LogP contribution in [0.3, 0.4) is 0 Å². The summed E-state index contributed by atoms with van der Waals surface area (Å²) in [5.74, 6) is 0.0535. The van der Waals surface area contributed by atoms with Crippen LogP contribution < -0.4 is 0 Å². The number of aliphatic hydroxyl groups is 1. The molecule has 235 valence electrons. The Morgan fingerprint density at radius 1 is 0.889 bits per heavy atom. The minimum atomic E-state index is -0.417. The molecular weight excluding hydrogens is 742 g/mol. The fourth-order valence-electron chi connectivity index (χ4n) is 5.12. The number of para-hydroxylation sites is 1. The zero-order valence-electron chi connectivity index (χ0n) is 27.0. The van der Waals surface area contributed by atoms with Crippen molar-refractivity contribution in [1.82, 2.24) is 4.98 Å². The van der Waals surface area contributed by atoms with E-state index in [-0.39, 0.29) is 48.5 Å². The molecular formula is C39H39FIrNO3-. The van der Waals surface area contributed by atoms with E-state index in [0.29, 0.717) is 17.2 Å². The van der Waals surface area contributed by atoms with Gasteiger partial charge in [-0.1, -0.05) is 109 Å². The Hall–Kier alpha value is -3.86. The number of rotatable bonds is 3. The van der Waals surface area contributed by atoms with E-state index in [2.05, 4.69) is 67.4 Å². The van der Waals surface area contributed by atoms with Gasteiger partial charge in [-0.15, -0.1) is 29.1 Å². The second-order valence-electron chi connectivity index (χ2n) is 13.7. The summed E-state index contributed by atoms with van der Waals surface area (Å²) in [4.78, 5) is 16.1. The molecule has 0 atom stereocenters. The summed E-state index contributed by atoms with van der Waals surface area (Å²) in [5, 5.41) is 15.9. The average molecular weight is 781 g/mol. The maximum Gasteiger partial charge on any atom is 0.170 e. The van der Waals surface area contributed by atoms with Gasteiger partial charge < -0.3 is 9.52 Å². The number of hydrogen-bond acceptors (Lipinski definition) is 4. The van der Waals surface area contributed by atoms with Gasteiger partial charge in [0, 0.05) is 59.7 Å². The molecule has 4 nitrogen and oxygen atoms in total. The van der Waals surface area contributed by atoms with Crippen molar-refractivity contribution in [2.75, 3.05) is 0 Å². The van der Waals surface area contributed by atoms with E-state index in [1.807, 2.05) is 53.7 Å². The van der Waals surface area contributed by atoms with E-state index >= 15 is 0 Å². The van der Waals surface area contributed by atoms with Gasteiger partial charge in [0.2, 0.25) is 0 Å². The molecule has 0 amide bonds. The van der Waals surface area contributed by atoms with Gasteiger partial charge in [0.1, 0.15) is 11.3 Å². The second kappa shape index (κ2) is 12.9. The van der Waals surface area contributed by atoms with E-state index in [4.69, 9.17) is 4.42 Å². The van der Waals surface area contributed by atoms with E-state index in [9.17, 15) is 14.3 Å². The molecule has 0 bridgehead atoms. The predicted molar refractivity (Wildman–Crippen MR) is 179 cm³/mol. The monoisotopic (exact) mass is 781 g/mol. The molecule has 0 spiro atoms. The fourth-order valence-corrected chi connectivity index (χ4v) is 5.12. The van der Waals surface area contributed by atoms with Crippen molar-refractivity contribution in [3.8, 4) is 11.3 Å². The van der Waals surface area contributed by atoms with Crippen LogP contribution >= 0.6 is 0 Å². The molecule has 1 N–H and O–H groups in total. The molecule has 4 aromatic carbocycles. The SMILES string of the molecule is CC(C)(C)C(=O)/C=C(\O)C(C)(C)C.CC(C)c1cc(-c2nccc3c2oc2c(F)cccc23)[c-]c2ccc3ccccc3c12.[Ir]. The minimum absolute atomic E-state index is 0. The molecule has 6 aromatic rings. The summed E-state index contributed by atoms with van der Waals surface area (Å²) in [6.45, 7) is 15.5. The van der Waals surface area contributed by atoms with Gasteiger partial charge in [-0.2, -0.15) is 0 Å². The second-order valence-corrected chi connectivity index (χ2v) is 13.7. The van der Waals surface area contributed by atoms with Crippen LogP contribution in [0, 0.1) is 22.7 Å². The molecule has 6 rings (SSSR count). The first kappa shape index (κ1) is 34.0. The summed E-state index contributed by atoms with van der Waals surface area (Å²) in [6, 6.07) is 25.3.